The molecule has 0 unspecified atom stereocenters. The van der Waals surface area contributed by atoms with Crippen molar-refractivity contribution < 1.29 is 15.0 Å². The van der Waals surface area contributed by atoms with Crippen molar-refractivity contribution in [3.05, 3.63) is 29.3 Å². The number of aromatic hydroxyl groups is 2. The van der Waals surface area contributed by atoms with Gasteiger partial charge in [-0.3, -0.25) is 4.79 Å². The molecule has 0 bridgehead atoms. The lowest BCUT2D eigenvalue weighted by atomic mass is 10.1. The van der Waals surface area contributed by atoms with Gasteiger partial charge in [-0.15, -0.1) is 0 Å². The van der Waals surface area contributed by atoms with Crippen molar-refractivity contribution in [1.29, 1.82) is 5.26 Å². The fraction of sp³-hybridized carbons (Fsp3) is 0.375. The number of phenolic OH excluding ortho intramolecular Hbond substituents is 2. The van der Waals surface area contributed by atoms with E-state index >= 15 is 0 Å². The number of nitrogens with zero attached hydrogens (tertiary/aromatic N) is 2. The molecule has 5 heteroatoms. The van der Waals surface area contributed by atoms with Crippen molar-refractivity contribution in [2.45, 2.75) is 26.7 Å². The Morgan fingerprint density at radius 1 is 1.33 bits per heavy atom. The second-order valence-electron chi connectivity index (χ2n) is 4.66. The average molecular weight is 288 g/mol. The van der Waals surface area contributed by atoms with Gasteiger partial charge in [0.15, 0.2) is 11.5 Å². The van der Waals surface area contributed by atoms with Crippen LogP contribution < -0.4 is 0 Å². The molecule has 21 heavy (non-hydrogen) atoms. The van der Waals surface area contributed by atoms with Crippen LogP contribution >= 0.6 is 0 Å². The van der Waals surface area contributed by atoms with Gasteiger partial charge in [0.05, 0.1) is 0 Å². The first kappa shape index (κ1) is 16.6. The normalized spacial score (nSPS) is 11.0. The van der Waals surface area contributed by atoms with Crippen molar-refractivity contribution in [1.82, 2.24) is 4.90 Å². The summed E-state index contributed by atoms with van der Waals surface area (Å²) in [6.45, 7) is 5.07. The molecule has 0 aliphatic carbocycles. The molecule has 0 saturated carbocycles. The number of nitriles is 1. The number of hydrogen-bond acceptors (Lipinski definition) is 4. The van der Waals surface area contributed by atoms with Crippen LogP contribution in [0.3, 0.4) is 0 Å². The molecule has 0 fully saturated rings. The lowest BCUT2D eigenvalue weighted by Gasteiger charge is -2.20. The lowest BCUT2D eigenvalue weighted by molar-refractivity contribution is -0.126. The number of hydrogen-bond donors (Lipinski definition) is 2. The number of likely N-dealkylation sites (N-methyl/N-ethyl adjacent to an activating group) is 1. The first-order valence-electron chi connectivity index (χ1n) is 6.96. The zero-order valence-corrected chi connectivity index (χ0v) is 12.3. The number of carbonyl (C=O) groups is 1. The Balaban J connectivity index is 3.00. The number of phenols is 2. The lowest BCUT2D eigenvalue weighted by Crippen LogP contribution is -2.32. The molecule has 0 heterocycles. The minimum absolute atomic E-state index is 0.0121. The molecule has 0 saturated heterocycles. The molecule has 112 valence electrons. The maximum absolute atomic E-state index is 12.3. The number of carbonyl (C=O) groups excluding carboxylic acids is 1. The van der Waals surface area contributed by atoms with Crippen LogP contribution in [-0.2, 0) is 4.79 Å². The molecule has 0 aromatic heterocycles. The van der Waals surface area contributed by atoms with Crippen LogP contribution in [0.5, 0.6) is 11.5 Å². The summed E-state index contributed by atoms with van der Waals surface area (Å²) < 4.78 is 0. The Kier molecular flexibility index (Phi) is 6.28. The molecule has 0 aliphatic heterocycles. The minimum atomic E-state index is -0.319. The largest absolute Gasteiger partial charge is 0.504 e. The summed E-state index contributed by atoms with van der Waals surface area (Å²) in [5.74, 6) is -0.844. The van der Waals surface area contributed by atoms with Gasteiger partial charge < -0.3 is 15.1 Å². The van der Waals surface area contributed by atoms with E-state index in [1.165, 1.54) is 24.3 Å². The van der Waals surface area contributed by atoms with E-state index in [9.17, 15) is 20.3 Å². The van der Waals surface area contributed by atoms with Crippen molar-refractivity contribution in [3.8, 4) is 17.6 Å². The summed E-state index contributed by atoms with van der Waals surface area (Å²) in [4.78, 5) is 13.9. The molecule has 1 rings (SSSR count). The van der Waals surface area contributed by atoms with E-state index < -0.39 is 0 Å². The first-order chi connectivity index (χ1) is 10.0. The molecule has 2 N–H and O–H groups in total. The molecule has 1 amide bonds. The number of rotatable bonds is 6. The first-order valence-corrected chi connectivity index (χ1v) is 6.96. The molecule has 0 aliphatic rings. The summed E-state index contributed by atoms with van der Waals surface area (Å²) in [5, 5.41) is 27.9. The van der Waals surface area contributed by atoms with E-state index in [-0.39, 0.29) is 23.0 Å². The van der Waals surface area contributed by atoms with Crippen LogP contribution in [0.2, 0.25) is 0 Å². The monoisotopic (exact) mass is 288 g/mol. The molecular formula is C16H20N2O3. The predicted molar refractivity (Wildman–Crippen MR) is 80.5 cm³/mol. The molecular weight excluding hydrogens is 268 g/mol. The topological polar surface area (TPSA) is 84.6 Å². The molecule has 5 nitrogen and oxygen atoms in total. The minimum Gasteiger partial charge on any atom is -0.504 e. The van der Waals surface area contributed by atoms with Gasteiger partial charge >= 0.3 is 0 Å². The Bertz CT molecular complexity index is 573. The number of amides is 1. The van der Waals surface area contributed by atoms with Crippen molar-refractivity contribution in [3.63, 3.8) is 0 Å². The fourth-order valence-electron chi connectivity index (χ4n) is 1.86. The predicted octanol–water partition coefficient (Wildman–Crippen LogP) is 2.65. The second-order valence-corrected chi connectivity index (χ2v) is 4.66. The van der Waals surface area contributed by atoms with Gasteiger partial charge in [0.25, 0.3) is 5.91 Å². The maximum Gasteiger partial charge on any atom is 0.264 e. The SMILES string of the molecule is CCCCN(CC)C(=O)/C(C#N)=C/c1ccc(O)c(O)c1. The van der Waals surface area contributed by atoms with Crippen molar-refractivity contribution >= 4 is 12.0 Å². The number of unbranched alkanes of at least 4 members (excludes halogenated alkanes) is 1. The highest BCUT2D eigenvalue weighted by Gasteiger charge is 2.16. The molecule has 0 radical (unpaired) electrons. The van der Waals surface area contributed by atoms with E-state index in [0.717, 1.165) is 12.8 Å². The van der Waals surface area contributed by atoms with E-state index in [2.05, 4.69) is 0 Å². The van der Waals surface area contributed by atoms with Gasteiger partial charge in [-0.25, -0.2) is 0 Å². The second kappa shape index (κ2) is 7.95. The summed E-state index contributed by atoms with van der Waals surface area (Å²) in [7, 11) is 0. The smallest absolute Gasteiger partial charge is 0.264 e. The van der Waals surface area contributed by atoms with Gasteiger partial charge in [-0.05, 0) is 37.1 Å². The van der Waals surface area contributed by atoms with Crippen LogP contribution in [0.25, 0.3) is 6.08 Å². The molecule has 0 atom stereocenters. The van der Waals surface area contributed by atoms with Gasteiger partial charge in [-0.2, -0.15) is 5.26 Å². The van der Waals surface area contributed by atoms with Gasteiger partial charge in [0.2, 0.25) is 0 Å². The van der Waals surface area contributed by atoms with E-state index in [0.29, 0.717) is 18.7 Å². The van der Waals surface area contributed by atoms with E-state index in [4.69, 9.17) is 0 Å². The zero-order chi connectivity index (χ0) is 15.8. The van der Waals surface area contributed by atoms with Crippen LogP contribution in [0.15, 0.2) is 23.8 Å². The van der Waals surface area contributed by atoms with Gasteiger partial charge in [-0.1, -0.05) is 19.4 Å². The van der Waals surface area contributed by atoms with Crippen molar-refractivity contribution in [2.24, 2.45) is 0 Å². The third kappa shape index (κ3) is 4.53. The standard InChI is InChI=1S/C16H20N2O3/c1-3-5-8-18(4-2)16(21)13(11-17)9-12-6-7-14(19)15(20)10-12/h6-7,9-10,19-20H,3-5,8H2,1-2H3/b13-9+. The molecule has 1 aromatic rings. The van der Waals surface area contributed by atoms with Gasteiger partial charge in [0, 0.05) is 13.1 Å². The fourth-order valence-corrected chi connectivity index (χ4v) is 1.86. The van der Waals surface area contributed by atoms with Crippen LogP contribution in [0, 0.1) is 11.3 Å². The van der Waals surface area contributed by atoms with Crippen molar-refractivity contribution in [2.75, 3.05) is 13.1 Å². The maximum atomic E-state index is 12.3. The summed E-state index contributed by atoms with van der Waals surface area (Å²) in [6.07, 6.45) is 3.27. The molecule has 0 spiro atoms. The van der Waals surface area contributed by atoms with Crippen LogP contribution in [0.1, 0.15) is 32.3 Å². The summed E-state index contributed by atoms with van der Waals surface area (Å²) in [6, 6.07) is 6.05. The Morgan fingerprint density at radius 3 is 2.57 bits per heavy atom. The average Bonchev–Trinajstić information content (AvgIpc) is 2.48. The highest BCUT2D eigenvalue weighted by atomic mass is 16.3. The third-order valence-electron chi connectivity index (χ3n) is 3.11. The number of benzene rings is 1. The third-order valence-corrected chi connectivity index (χ3v) is 3.11. The van der Waals surface area contributed by atoms with Crippen LogP contribution in [0.4, 0.5) is 0 Å². The summed E-state index contributed by atoms with van der Waals surface area (Å²) in [5.41, 5.74) is 0.500. The summed E-state index contributed by atoms with van der Waals surface area (Å²) >= 11 is 0. The van der Waals surface area contributed by atoms with Gasteiger partial charge in [0.1, 0.15) is 11.6 Å². The highest BCUT2D eigenvalue weighted by Crippen LogP contribution is 2.26. The molecule has 1 aromatic carbocycles. The Morgan fingerprint density at radius 2 is 2.05 bits per heavy atom. The quantitative estimate of drug-likeness (QED) is 0.479. The highest BCUT2D eigenvalue weighted by molar-refractivity contribution is 6.01. The van der Waals surface area contributed by atoms with Crippen LogP contribution in [-0.4, -0.2) is 34.1 Å². The zero-order valence-electron chi connectivity index (χ0n) is 12.3. The van der Waals surface area contributed by atoms with E-state index in [1.54, 1.807) is 4.90 Å². The van der Waals surface area contributed by atoms with E-state index in [1.807, 2.05) is 19.9 Å². The Labute approximate surface area is 124 Å². The Hall–Kier alpha value is -2.48.